The van der Waals surface area contributed by atoms with Crippen molar-refractivity contribution in [1.29, 1.82) is 0 Å². The molecule has 7 N–H and O–H groups in total. The number of aromatic nitrogens is 10. The predicted molar refractivity (Wildman–Crippen MR) is 291 cm³/mol. The minimum Gasteiger partial charge on any atom is -0.463 e. The zero-order chi connectivity index (χ0) is 54.4. The molecular formula is C54H44Cl2N14O7. The molecule has 0 aliphatic heterocycles. The smallest absolute Gasteiger partial charge is 0.250 e. The Morgan fingerprint density at radius 2 is 1.05 bits per heavy atom. The molecule has 21 nitrogen and oxygen atoms in total. The van der Waals surface area contributed by atoms with Crippen LogP contribution in [0.4, 0.5) is 17.8 Å². The quantitative estimate of drug-likeness (QED) is 0.0562. The summed E-state index contributed by atoms with van der Waals surface area (Å²) in [4.78, 5) is 72.0. The fourth-order valence-electron chi connectivity index (χ4n) is 7.09. The summed E-state index contributed by atoms with van der Waals surface area (Å²) in [5.41, 5.74) is 24.4. The highest BCUT2D eigenvalue weighted by Crippen LogP contribution is 2.33. The Kier molecular flexibility index (Phi) is 17.0. The average molecular weight is 1070 g/mol. The van der Waals surface area contributed by atoms with Crippen molar-refractivity contribution in [2.75, 3.05) is 31.3 Å². The van der Waals surface area contributed by atoms with Gasteiger partial charge < -0.3 is 49.3 Å². The number of aryl methyl sites for hydroxylation is 1. The van der Waals surface area contributed by atoms with E-state index < -0.39 is 0 Å². The van der Waals surface area contributed by atoms with Gasteiger partial charge in [-0.25, -0.2) is 39.9 Å². The van der Waals surface area contributed by atoms with Gasteiger partial charge in [-0.2, -0.15) is 0 Å². The molecule has 0 aliphatic carbocycles. The zero-order valence-corrected chi connectivity index (χ0v) is 42.5. The number of aromatic amines is 1. The topological polar surface area (TPSA) is 309 Å². The summed E-state index contributed by atoms with van der Waals surface area (Å²) < 4.78 is 22.7. The number of furan rings is 4. The number of Topliss-reactive ketones (excluding diaryl/α,β-unsaturated/α-hetero) is 1. The maximum Gasteiger partial charge on any atom is 0.250 e. The number of allylic oxidation sites excluding steroid dienone is 1. The molecule has 77 heavy (non-hydrogen) atoms. The lowest BCUT2D eigenvalue weighted by Crippen LogP contribution is -2.14. The van der Waals surface area contributed by atoms with Crippen LogP contribution in [0.25, 0.3) is 73.3 Å². The summed E-state index contributed by atoms with van der Waals surface area (Å²) in [5.74, 6) is 2.45. The summed E-state index contributed by atoms with van der Waals surface area (Å²) in [6.07, 6.45) is 19.3. The standard InChI is InChI=1S/C14H13ClN2O2.C14H12N4O2.C13H9ClN4O.C13H10N4O2/c1-17(2)9-11(10-5-6-13(15)16-8-10)14(18)12-4-3-7-19-12;1-18-8-9(4-5-12(18)19)10-7-16-14(15)17-13(10)11-3-2-6-20-11;14-11-4-3-8(6-16-11)9-7-17-13(15)18-12(9)10-2-1-5-19-10;14-13-16-7-9(8-3-4-11(18)15-6-8)12(17-13)10-2-1-5-19-10/h3-9H,1-2H3;2-8H,1H3,(H2,15,16,17);1-7H,(H2,15,17,18);1-7H,(H,15,18)(H2,14,16,17)/b11-9-;;;. The Balaban J connectivity index is 0.000000136. The van der Waals surface area contributed by atoms with Crippen molar-refractivity contribution in [3.63, 3.8) is 0 Å². The number of anilines is 3. The van der Waals surface area contributed by atoms with Crippen LogP contribution in [0.2, 0.25) is 10.3 Å². The van der Waals surface area contributed by atoms with Crippen LogP contribution in [0.1, 0.15) is 16.1 Å². The van der Waals surface area contributed by atoms with Crippen molar-refractivity contribution in [1.82, 2.24) is 54.3 Å². The van der Waals surface area contributed by atoms with E-state index in [9.17, 15) is 14.4 Å². The van der Waals surface area contributed by atoms with Crippen LogP contribution in [0, 0.1) is 0 Å². The number of pyridine rings is 4. The summed E-state index contributed by atoms with van der Waals surface area (Å²) in [5, 5.41) is 0.818. The van der Waals surface area contributed by atoms with Gasteiger partial charge in [0.15, 0.2) is 23.0 Å². The molecule has 23 heteroatoms. The molecule has 0 atom stereocenters. The minimum atomic E-state index is -0.192. The Morgan fingerprint density at radius 3 is 1.48 bits per heavy atom. The molecule has 386 valence electrons. The molecule has 0 radical (unpaired) electrons. The SMILES string of the molecule is CN(C)/C=C(\C(=O)c1ccco1)c1ccc(Cl)nc1.Cn1cc(-c2cnc(N)nc2-c2ccco2)ccc1=O.Nc1ncc(-c2ccc(=O)[nH]c2)c(-c2ccco2)n1.Nc1ncc(-c2ccc(Cl)nc2)c(-c2ccco2)n1. The van der Waals surface area contributed by atoms with Crippen molar-refractivity contribution in [2.24, 2.45) is 7.05 Å². The maximum absolute atomic E-state index is 12.4. The molecule has 0 amide bonds. The van der Waals surface area contributed by atoms with E-state index in [0.717, 1.165) is 33.4 Å². The van der Waals surface area contributed by atoms with E-state index in [-0.39, 0.29) is 34.7 Å². The predicted octanol–water partition coefficient (Wildman–Crippen LogP) is 9.51. The fraction of sp³-hybridized carbons (Fsp3) is 0.0556. The van der Waals surface area contributed by atoms with Crippen molar-refractivity contribution in [3.8, 4) is 67.7 Å². The molecule has 0 saturated carbocycles. The first-order chi connectivity index (χ1) is 37.2. The van der Waals surface area contributed by atoms with Crippen LogP contribution in [-0.2, 0) is 7.05 Å². The van der Waals surface area contributed by atoms with Gasteiger partial charge in [0, 0.05) is 122 Å². The van der Waals surface area contributed by atoms with E-state index in [1.165, 1.54) is 23.0 Å². The number of halogens is 2. The summed E-state index contributed by atoms with van der Waals surface area (Å²) >= 11 is 11.5. The third-order valence-electron chi connectivity index (χ3n) is 10.6. The van der Waals surface area contributed by atoms with Crippen LogP contribution >= 0.6 is 23.2 Å². The highest BCUT2D eigenvalue weighted by molar-refractivity contribution is 6.30. The lowest BCUT2D eigenvalue weighted by atomic mass is 10.0. The molecule has 11 heterocycles. The molecular weight excluding hydrogens is 1030 g/mol. The molecule has 0 saturated heterocycles. The number of carbonyl (C=O) groups is 1. The van der Waals surface area contributed by atoms with E-state index in [1.807, 2.05) is 26.2 Å². The monoisotopic (exact) mass is 1070 g/mol. The first kappa shape index (κ1) is 53.1. The molecule has 0 bridgehead atoms. The first-order valence-corrected chi connectivity index (χ1v) is 23.5. The van der Waals surface area contributed by atoms with Crippen molar-refractivity contribution in [2.45, 2.75) is 0 Å². The van der Waals surface area contributed by atoms with Gasteiger partial charge in [0.1, 0.15) is 27.4 Å². The normalized spacial score (nSPS) is 10.8. The lowest BCUT2D eigenvalue weighted by molar-refractivity contribution is 0.103. The average Bonchev–Trinajstić information content (AvgIpc) is 4.31. The molecule has 0 spiro atoms. The third kappa shape index (κ3) is 13.7. The van der Waals surface area contributed by atoms with Crippen molar-refractivity contribution < 1.29 is 22.5 Å². The molecule has 0 unspecified atom stereocenters. The summed E-state index contributed by atoms with van der Waals surface area (Å²) in [6, 6.07) is 27.4. The van der Waals surface area contributed by atoms with E-state index in [1.54, 1.807) is 153 Å². The van der Waals surface area contributed by atoms with Gasteiger partial charge in [-0.15, -0.1) is 0 Å². The Hall–Kier alpha value is -10.3. The number of hydrogen-bond acceptors (Lipinski definition) is 19. The number of nitrogens with zero attached hydrogens (tertiary/aromatic N) is 10. The van der Waals surface area contributed by atoms with Gasteiger partial charge in [0.05, 0.1) is 30.6 Å². The van der Waals surface area contributed by atoms with Crippen LogP contribution in [0.3, 0.4) is 0 Å². The molecule has 0 aliphatic rings. The summed E-state index contributed by atoms with van der Waals surface area (Å²) in [6.45, 7) is 0. The van der Waals surface area contributed by atoms with Crippen molar-refractivity contribution in [3.05, 3.63) is 214 Å². The number of nitrogens with one attached hydrogen (secondary N) is 1. The van der Waals surface area contributed by atoms with Crippen molar-refractivity contribution >= 4 is 52.4 Å². The van der Waals surface area contributed by atoms with Crippen LogP contribution in [0.15, 0.2) is 199 Å². The molecule has 0 aromatic carbocycles. The van der Waals surface area contributed by atoms with Crippen LogP contribution < -0.4 is 28.3 Å². The fourth-order valence-corrected chi connectivity index (χ4v) is 7.31. The van der Waals surface area contributed by atoms with E-state index in [0.29, 0.717) is 61.6 Å². The zero-order valence-electron chi connectivity index (χ0n) is 41.0. The Labute approximate surface area is 447 Å². The van der Waals surface area contributed by atoms with Gasteiger partial charge in [-0.1, -0.05) is 23.2 Å². The number of carbonyl (C=O) groups excluding carboxylic acids is 1. The minimum absolute atomic E-state index is 0.0790. The lowest BCUT2D eigenvalue weighted by Gasteiger charge is -2.10. The number of H-pyrrole nitrogens is 1. The van der Waals surface area contributed by atoms with E-state index in [2.05, 4.69) is 44.9 Å². The first-order valence-electron chi connectivity index (χ1n) is 22.8. The van der Waals surface area contributed by atoms with Crippen LogP contribution in [0.5, 0.6) is 0 Å². The Bertz CT molecular complexity index is 3850. The van der Waals surface area contributed by atoms with E-state index in [4.69, 9.17) is 58.1 Å². The van der Waals surface area contributed by atoms with Gasteiger partial charge in [0.25, 0.3) is 0 Å². The van der Waals surface area contributed by atoms with E-state index >= 15 is 0 Å². The van der Waals surface area contributed by atoms with Gasteiger partial charge in [0.2, 0.25) is 34.7 Å². The number of nitrogens with two attached hydrogens (primary N) is 3. The maximum atomic E-state index is 12.4. The number of hydrogen-bond donors (Lipinski definition) is 4. The highest BCUT2D eigenvalue weighted by Gasteiger charge is 2.19. The molecule has 0 fully saturated rings. The van der Waals surface area contributed by atoms with Gasteiger partial charge in [-0.05, 0) is 84.9 Å². The highest BCUT2D eigenvalue weighted by atomic mass is 35.5. The van der Waals surface area contributed by atoms with Crippen LogP contribution in [-0.4, -0.2) is 74.2 Å². The summed E-state index contributed by atoms with van der Waals surface area (Å²) in [7, 11) is 5.38. The van der Waals surface area contributed by atoms with Gasteiger partial charge in [-0.3, -0.25) is 14.4 Å². The Morgan fingerprint density at radius 1 is 0.571 bits per heavy atom. The number of ketones is 1. The second-order valence-electron chi connectivity index (χ2n) is 16.3. The number of rotatable bonds is 10. The largest absolute Gasteiger partial charge is 0.463 e. The second kappa shape index (κ2) is 24.6. The molecule has 11 rings (SSSR count). The molecule has 11 aromatic heterocycles. The van der Waals surface area contributed by atoms with Gasteiger partial charge >= 0.3 is 0 Å². The molecule has 11 aromatic rings. The third-order valence-corrected chi connectivity index (χ3v) is 11.1. The second-order valence-corrected chi connectivity index (χ2v) is 17.0. The number of nitrogen functional groups attached to an aromatic ring is 3.